The zero-order valence-corrected chi connectivity index (χ0v) is 8.58. The number of likely N-dealkylation sites (tertiary alicyclic amines) is 2. The average molecular weight is 183 g/mol. The Labute approximate surface area is 80.9 Å². The van der Waals surface area contributed by atoms with Crippen molar-refractivity contribution in [2.75, 3.05) is 33.2 Å². The van der Waals surface area contributed by atoms with E-state index in [1.807, 2.05) is 0 Å². The van der Waals surface area contributed by atoms with E-state index >= 15 is 0 Å². The Morgan fingerprint density at radius 1 is 1.15 bits per heavy atom. The minimum absolute atomic E-state index is 0.461. The lowest BCUT2D eigenvalue weighted by atomic mass is 10.1. The number of nitrogens with two attached hydrogens (primary N) is 1. The first-order valence-corrected chi connectivity index (χ1v) is 5.44. The summed E-state index contributed by atoms with van der Waals surface area (Å²) in [5, 5.41) is 0. The van der Waals surface area contributed by atoms with Crippen LogP contribution in [0.25, 0.3) is 0 Å². The van der Waals surface area contributed by atoms with Gasteiger partial charge in [0.15, 0.2) is 0 Å². The smallest absolute Gasteiger partial charge is 0.0350 e. The van der Waals surface area contributed by atoms with Crippen molar-refractivity contribution in [1.82, 2.24) is 9.80 Å². The molecule has 1 atom stereocenters. The van der Waals surface area contributed by atoms with Gasteiger partial charge < -0.3 is 10.6 Å². The Morgan fingerprint density at radius 2 is 1.92 bits per heavy atom. The van der Waals surface area contributed by atoms with Gasteiger partial charge in [0.05, 0.1) is 0 Å². The van der Waals surface area contributed by atoms with Crippen molar-refractivity contribution in [3.05, 3.63) is 0 Å². The van der Waals surface area contributed by atoms with E-state index in [1.54, 1.807) is 0 Å². The highest BCUT2D eigenvalue weighted by molar-refractivity contribution is 4.87. The molecule has 0 saturated carbocycles. The molecule has 2 saturated heterocycles. The molecule has 13 heavy (non-hydrogen) atoms. The first kappa shape index (κ1) is 9.44. The third kappa shape index (κ3) is 2.22. The lowest BCUT2D eigenvalue weighted by Gasteiger charge is -2.43. The molecule has 2 N–H and O–H groups in total. The summed E-state index contributed by atoms with van der Waals surface area (Å²) in [7, 11) is 2.19. The van der Waals surface area contributed by atoms with Crippen LogP contribution in [0.4, 0.5) is 0 Å². The summed E-state index contributed by atoms with van der Waals surface area (Å²) in [6, 6.07) is 1.29. The third-order valence-corrected chi connectivity index (χ3v) is 3.37. The average Bonchev–Trinajstić information content (AvgIpc) is 2.25. The van der Waals surface area contributed by atoms with Crippen molar-refractivity contribution in [2.24, 2.45) is 5.73 Å². The van der Waals surface area contributed by atoms with Crippen molar-refractivity contribution in [2.45, 2.75) is 31.3 Å². The molecule has 3 nitrogen and oxygen atoms in total. The SMILES string of the molecule is CN1CC(N2CCCC(N)CC2)C1. The molecule has 0 aromatic rings. The first-order chi connectivity index (χ1) is 6.25. The molecule has 2 rings (SSSR count). The molecule has 0 amide bonds. The van der Waals surface area contributed by atoms with Crippen LogP contribution in [0.5, 0.6) is 0 Å². The molecule has 1 unspecified atom stereocenters. The van der Waals surface area contributed by atoms with Crippen LogP contribution in [-0.2, 0) is 0 Å². The van der Waals surface area contributed by atoms with E-state index < -0.39 is 0 Å². The number of rotatable bonds is 1. The molecule has 0 spiro atoms. The summed E-state index contributed by atoms with van der Waals surface area (Å²) < 4.78 is 0. The largest absolute Gasteiger partial charge is 0.328 e. The van der Waals surface area contributed by atoms with Crippen molar-refractivity contribution in [3.8, 4) is 0 Å². The van der Waals surface area contributed by atoms with Crippen LogP contribution >= 0.6 is 0 Å². The Hall–Kier alpha value is -0.120. The maximum absolute atomic E-state index is 5.95. The maximum atomic E-state index is 5.95. The van der Waals surface area contributed by atoms with Gasteiger partial charge in [-0.2, -0.15) is 0 Å². The predicted octanol–water partition coefficient (Wildman–Crippen LogP) is 0.114. The van der Waals surface area contributed by atoms with Crippen molar-refractivity contribution >= 4 is 0 Å². The predicted molar refractivity (Wildman–Crippen MR) is 54.7 cm³/mol. The zero-order chi connectivity index (χ0) is 9.26. The Kier molecular flexibility index (Phi) is 2.86. The van der Waals surface area contributed by atoms with Gasteiger partial charge in [0.2, 0.25) is 0 Å². The first-order valence-electron chi connectivity index (χ1n) is 5.44. The van der Waals surface area contributed by atoms with E-state index in [9.17, 15) is 0 Å². The molecule has 2 aliphatic rings. The summed E-state index contributed by atoms with van der Waals surface area (Å²) >= 11 is 0. The summed E-state index contributed by atoms with van der Waals surface area (Å²) in [5.74, 6) is 0. The molecule has 0 aromatic carbocycles. The molecular weight excluding hydrogens is 162 g/mol. The second-order valence-corrected chi connectivity index (χ2v) is 4.60. The van der Waals surface area contributed by atoms with Crippen LogP contribution < -0.4 is 5.73 Å². The van der Waals surface area contributed by atoms with Crippen molar-refractivity contribution in [3.63, 3.8) is 0 Å². The van der Waals surface area contributed by atoms with Gasteiger partial charge in [0.1, 0.15) is 0 Å². The van der Waals surface area contributed by atoms with Gasteiger partial charge in [-0.05, 0) is 32.9 Å². The Balaban J connectivity index is 1.79. The minimum atomic E-state index is 0.461. The molecule has 3 heteroatoms. The van der Waals surface area contributed by atoms with E-state index in [0.717, 1.165) is 6.04 Å². The Morgan fingerprint density at radius 3 is 2.62 bits per heavy atom. The second-order valence-electron chi connectivity index (χ2n) is 4.60. The monoisotopic (exact) mass is 183 g/mol. The molecule has 0 radical (unpaired) electrons. The molecule has 0 bridgehead atoms. The van der Waals surface area contributed by atoms with Gasteiger partial charge >= 0.3 is 0 Å². The van der Waals surface area contributed by atoms with Gasteiger partial charge in [0, 0.05) is 31.7 Å². The molecule has 0 aliphatic carbocycles. The second kappa shape index (κ2) is 3.95. The quantitative estimate of drug-likeness (QED) is 0.626. The van der Waals surface area contributed by atoms with Crippen LogP contribution in [0, 0.1) is 0 Å². The van der Waals surface area contributed by atoms with Crippen molar-refractivity contribution < 1.29 is 0 Å². The zero-order valence-electron chi connectivity index (χ0n) is 8.58. The fourth-order valence-electron chi connectivity index (χ4n) is 2.41. The topological polar surface area (TPSA) is 32.5 Å². The van der Waals surface area contributed by atoms with Gasteiger partial charge in [-0.1, -0.05) is 0 Å². The molecule has 2 aliphatic heterocycles. The molecule has 0 aromatic heterocycles. The van der Waals surface area contributed by atoms with Crippen LogP contribution in [0.15, 0.2) is 0 Å². The Bertz CT molecular complexity index is 166. The highest BCUT2D eigenvalue weighted by Crippen LogP contribution is 2.17. The summed E-state index contributed by atoms with van der Waals surface area (Å²) in [6.45, 7) is 5.01. The van der Waals surface area contributed by atoms with Gasteiger partial charge in [-0.3, -0.25) is 4.90 Å². The number of likely N-dealkylation sites (N-methyl/N-ethyl adjacent to an activating group) is 1. The highest BCUT2D eigenvalue weighted by atomic mass is 15.3. The van der Waals surface area contributed by atoms with Gasteiger partial charge in [-0.15, -0.1) is 0 Å². The summed E-state index contributed by atoms with van der Waals surface area (Å²) in [5.41, 5.74) is 5.95. The fraction of sp³-hybridized carbons (Fsp3) is 1.00. The van der Waals surface area contributed by atoms with Crippen LogP contribution in [0.3, 0.4) is 0 Å². The lowest BCUT2D eigenvalue weighted by molar-refractivity contribution is 0.0547. The van der Waals surface area contributed by atoms with E-state index in [2.05, 4.69) is 16.8 Å². The lowest BCUT2D eigenvalue weighted by Crippen LogP contribution is -2.57. The highest BCUT2D eigenvalue weighted by Gasteiger charge is 2.29. The van der Waals surface area contributed by atoms with Crippen LogP contribution in [-0.4, -0.2) is 55.1 Å². The van der Waals surface area contributed by atoms with E-state index in [-0.39, 0.29) is 0 Å². The molecule has 2 fully saturated rings. The third-order valence-electron chi connectivity index (χ3n) is 3.37. The molecular formula is C10H21N3. The van der Waals surface area contributed by atoms with Gasteiger partial charge in [0.25, 0.3) is 0 Å². The standard InChI is InChI=1S/C10H21N3/c1-12-7-10(8-12)13-5-2-3-9(11)4-6-13/h9-10H,2-8,11H2,1H3. The van der Waals surface area contributed by atoms with E-state index in [1.165, 1.54) is 45.4 Å². The van der Waals surface area contributed by atoms with Crippen LogP contribution in [0.1, 0.15) is 19.3 Å². The maximum Gasteiger partial charge on any atom is 0.0350 e. The summed E-state index contributed by atoms with van der Waals surface area (Å²) in [6.07, 6.45) is 3.71. The molecule has 2 heterocycles. The van der Waals surface area contributed by atoms with Gasteiger partial charge in [-0.25, -0.2) is 0 Å². The minimum Gasteiger partial charge on any atom is -0.328 e. The number of nitrogens with zero attached hydrogens (tertiary/aromatic N) is 2. The van der Waals surface area contributed by atoms with Crippen LogP contribution in [0.2, 0.25) is 0 Å². The number of hydrogen-bond donors (Lipinski definition) is 1. The normalized spacial score (nSPS) is 34.2. The van der Waals surface area contributed by atoms with E-state index in [0.29, 0.717) is 6.04 Å². The molecule has 76 valence electrons. The number of hydrogen-bond acceptors (Lipinski definition) is 3. The van der Waals surface area contributed by atoms with Crippen molar-refractivity contribution in [1.29, 1.82) is 0 Å². The fourth-order valence-corrected chi connectivity index (χ4v) is 2.41. The summed E-state index contributed by atoms with van der Waals surface area (Å²) in [4.78, 5) is 5.02. The van der Waals surface area contributed by atoms with E-state index in [4.69, 9.17) is 5.73 Å².